The van der Waals surface area contributed by atoms with E-state index in [1.54, 1.807) is 0 Å². The molecule has 0 radical (unpaired) electrons. The molecule has 1 rings (SSSR count). The Morgan fingerprint density at radius 3 is 2.85 bits per heavy atom. The number of thioether (sulfide) groups is 1. The first-order valence-corrected chi connectivity index (χ1v) is 6.42. The zero-order valence-corrected chi connectivity index (χ0v) is 9.52. The van der Waals surface area contributed by atoms with Crippen molar-refractivity contribution in [3.05, 3.63) is 0 Å². The van der Waals surface area contributed by atoms with Crippen LogP contribution in [0.3, 0.4) is 0 Å². The molecule has 0 aromatic heterocycles. The molecular weight excluding hydrogens is 182 g/mol. The molecule has 0 heterocycles. The number of aliphatic hydroxyl groups excluding tert-OH is 1. The van der Waals surface area contributed by atoms with Crippen molar-refractivity contribution in [3.63, 3.8) is 0 Å². The van der Waals surface area contributed by atoms with E-state index in [9.17, 15) is 0 Å². The highest BCUT2D eigenvalue weighted by Crippen LogP contribution is 2.31. The first kappa shape index (κ1) is 11.3. The summed E-state index contributed by atoms with van der Waals surface area (Å²) in [5.74, 6) is 0. The molecule has 0 saturated heterocycles. The predicted octanol–water partition coefficient (Wildman–Crippen LogP) is 1.58. The summed E-state index contributed by atoms with van der Waals surface area (Å²) in [4.78, 5) is 2.42. The Morgan fingerprint density at radius 1 is 1.46 bits per heavy atom. The molecule has 0 spiro atoms. The van der Waals surface area contributed by atoms with Gasteiger partial charge in [0.1, 0.15) is 0 Å². The van der Waals surface area contributed by atoms with Gasteiger partial charge in [-0.1, -0.05) is 6.42 Å². The van der Waals surface area contributed by atoms with Crippen LogP contribution >= 0.6 is 11.8 Å². The Balaban J connectivity index is 2.31. The number of aliphatic hydroxyl groups is 1. The van der Waals surface area contributed by atoms with Crippen LogP contribution in [0, 0.1) is 0 Å². The maximum absolute atomic E-state index is 8.75. The smallest absolute Gasteiger partial charge is 0.0443 e. The monoisotopic (exact) mass is 203 g/mol. The molecule has 2 atom stereocenters. The lowest BCUT2D eigenvalue weighted by molar-refractivity contribution is 0.211. The molecule has 78 valence electrons. The van der Waals surface area contributed by atoms with Gasteiger partial charge in [0.2, 0.25) is 0 Å². The fraction of sp³-hybridized carbons (Fsp3) is 1.00. The van der Waals surface area contributed by atoms with Crippen LogP contribution in [0.15, 0.2) is 0 Å². The molecule has 0 amide bonds. The van der Waals surface area contributed by atoms with Crippen LogP contribution in [0.1, 0.15) is 25.7 Å². The first-order valence-electron chi connectivity index (χ1n) is 5.13. The fourth-order valence-electron chi connectivity index (χ4n) is 2.17. The van der Waals surface area contributed by atoms with Gasteiger partial charge in [-0.3, -0.25) is 0 Å². The van der Waals surface area contributed by atoms with E-state index in [1.807, 2.05) is 11.8 Å². The standard InChI is InChI=1S/C10H21NOS/c1-11(7-4-8-12)9-5-3-6-10(9)13-2/h9-10,12H,3-8H2,1-2H3/t9-,10-/m1/s1. The SMILES string of the molecule is CS[C@@H]1CCC[C@H]1N(C)CCCO. The van der Waals surface area contributed by atoms with Gasteiger partial charge in [-0.25, -0.2) is 0 Å². The van der Waals surface area contributed by atoms with Crippen LogP contribution in [0.4, 0.5) is 0 Å². The molecule has 0 aromatic carbocycles. The molecule has 1 aliphatic carbocycles. The maximum Gasteiger partial charge on any atom is 0.0443 e. The molecule has 1 fully saturated rings. The summed E-state index contributed by atoms with van der Waals surface area (Å²) >= 11 is 2.00. The third-order valence-electron chi connectivity index (χ3n) is 2.96. The summed E-state index contributed by atoms with van der Waals surface area (Å²) in [6, 6.07) is 0.751. The third kappa shape index (κ3) is 3.15. The molecule has 1 aliphatic rings. The lowest BCUT2D eigenvalue weighted by Gasteiger charge is -2.28. The van der Waals surface area contributed by atoms with Crippen molar-refractivity contribution in [1.82, 2.24) is 4.90 Å². The minimum atomic E-state index is 0.320. The lowest BCUT2D eigenvalue weighted by Crippen LogP contribution is -2.36. The topological polar surface area (TPSA) is 23.5 Å². The average Bonchev–Trinajstić information content (AvgIpc) is 2.61. The summed E-state index contributed by atoms with van der Waals surface area (Å²) in [5, 5.41) is 9.57. The largest absolute Gasteiger partial charge is 0.396 e. The van der Waals surface area contributed by atoms with Crippen molar-refractivity contribution in [1.29, 1.82) is 0 Å². The van der Waals surface area contributed by atoms with E-state index >= 15 is 0 Å². The Kier molecular flexibility index (Phi) is 5.14. The van der Waals surface area contributed by atoms with Gasteiger partial charge in [-0.15, -0.1) is 0 Å². The van der Waals surface area contributed by atoms with Crippen LogP contribution < -0.4 is 0 Å². The highest BCUT2D eigenvalue weighted by atomic mass is 32.2. The summed E-state index contributed by atoms with van der Waals surface area (Å²) in [6.07, 6.45) is 7.21. The highest BCUT2D eigenvalue weighted by molar-refractivity contribution is 7.99. The van der Waals surface area contributed by atoms with E-state index in [2.05, 4.69) is 18.2 Å². The minimum Gasteiger partial charge on any atom is -0.396 e. The van der Waals surface area contributed by atoms with Crippen LogP contribution in [-0.4, -0.2) is 47.8 Å². The lowest BCUT2D eigenvalue weighted by atomic mass is 10.2. The van der Waals surface area contributed by atoms with Gasteiger partial charge < -0.3 is 10.0 Å². The molecule has 2 nitrogen and oxygen atoms in total. The summed E-state index contributed by atoms with van der Waals surface area (Å²) in [6.45, 7) is 1.36. The van der Waals surface area contributed by atoms with E-state index in [4.69, 9.17) is 5.11 Å². The van der Waals surface area contributed by atoms with Gasteiger partial charge in [0, 0.05) is 24.4 Å². The van der Waals surface area contributed by atoms with Gasteiger partial charge in [-0.05, 0) is 32.6 Å². The van der Waals surface area contributed by atoms with Crippen molar-refractivity contribution in [3.8, 4) is 0 Å². The Hall–Kier alpha value is 0.270. The van der Waals surface area contributed by atoms with E-state index in [-0.39, 0.29) is 0 Å². The van der Waals surface area contributed by atoms with E-state index in [0.29, 0.717) is 6.61 Å². The van der Waals surface area contributed by atoms with Crippen molar-refractivity contribution in [2.24, 2.45) is 0 Å². The summed E-state index contributed by atoms with van der Waals surface area (Å²) in [7, 11) is 2.19. The second-order valence-electron chi connectivity index (χ2n) is 3.83. The second-order valence-corrected chi connectivity index (χ2v) is 4.91. The van der Waals surface area contributed by atoms with E-state index in [0.717, 1.165) is 24.3 Å². The number of hydrogen-bond acceptors (Lipinski definition) is 3. The van der Waals surface area contributed by atoms with Crippen molar-refractivity contribution in [2.75, 3.05) is 26.5 Å². The van der Waals surface area contributed by atoms with Crippen LogP contribution in [0.2, 0.25) is 0 Å². The van der Waals surface area contributed by atoms with Gasteiger partial charge in [-0.2, -0.15) is 11.8 Å². The molecule has 1 saturated carbocycles. The number of hydrogen-bond donors (Lipinski definition) is 1. The zero-order chi connectivity index (χ0) is 9.68. The number of rotatable bonds is 5. The van der Waals surface area contributed by atoms with Gasteiger partial charge in [0.05, 0.1) is 0 Å². The summed E-state index contributed by atoms with van der Waals surface area (Å²) in [5.41, 5.74) is 0. The number of nitrogens with zero attached hydrogens (tertiary/aromatic N) is 1. The molecule has 0 aromatic rings. The summed E-state index contributed by atoms with van der Waals surface area (Å²) < 4.78 is 0. The molecule has 0 aliphatic heterocycles. The van der Waals surface area contributed by atoms with Gasteiger partial charge in [0.25, 0.3) is 0 Å². The van der Waals surface area contributed by atoms with Crippen molar-refractivity contribution >= 4 is 11.8 Å². The molecule has 0 unspecified atom stereocenters. The third-order valence-corrected chi connectivity index (χ3v) is 4.11. The predicted molar refractivity (Wildman–Crippen MR) is 59.3 cm³/mol. The van der Waals surface area contributed by atoms with Gasteiger partial charge in [0.15, 0.2) is 0 Å². The molecule has 0 bridgehead atoms. The highest BCUT2D eigenvalue weighted by Gasteiger charge is 2.28. The van der Waals surface area contributed by atoms with Crippen molar-refractivity contribution < 1.29 is 5.11 Å². The zero-order valence-electron chi connectivity index (χ0n) is 8.70. The Morgan fingerprint density at radius 2 is 2.23 bits per heavy atom. The normalized spacial score (nSPS) is 28.6. The molecular formula is C10H21NOS. The molecule has 1 N–H and O–H groups in total. The maximum atomic E-state index is 8.75. The first-order chi connectivity index (χ1) is 6.29. The van der Waals surface area contributed by atoms with Crippen LogP contribution in [0.5, 0.6) is 0 Å². The van der Waals surface area contributed by atoms with E-state index in [1.165, 1.54) is 19.3 Å². The molecule has 13 heavy (non-hydrogen) atoms. The quantitative estimate of drug-likeness (QED) is 0.734. The molecule has 3 heteroatoms. The van der Waals surface area contributed by atoms with Crippen LogP contribution in [0.25, 0.3) is 0 Å². The van der Waals surface area contributed by atoms with Crippen LogP contribution in [-0.2, 0) is 0 Å². The Bertz CT molecular complexity index is 143. The fourth-order valence-corrected chi connectivity index (χ4v) is 3.23. The van der Waals surface area contributed by atoms with Crippen molar-refractivity contribution in [2.45, 2.75) is 37.0 Å². The van der Waals surface area contributed by atoms with Gasteiger partial charge >= 0.3 is 0 Å². The average molecular weight is 203 g/mol. The van der Waals surface area contributed by atoms with E-state index < -0.39 is 0 Å². The second kappa shape index (κ2) is 5.89. The Labute approximate surface area is 85.7 Å². The minimum absolute atomic E-state index is 0.320.